The van der Waals surface area contributed by atoms with Gasteiger partial charge in [-0.1, -0.05) is 42.5 Å². The van der Waals surface area contributed by atoms with Crippen LogP contribution >= 0.6 is 0 Å². The first-order valence-electron chi connectivity index (χ1n) is 9.71. The van der Waals surface area contributed by atoms with Crippen molar-refractivity contribution in [2.45, 2.75) is 12.3 Å². The third-order valence-electron chi connectivity index (χ3n) is 5.01. The standard InChI is InChI=1S/C25H20O6/c1-29-22(26)15-20(23-24(27)19-12-5-6-13-21(19)31-25(23)28)16-8-7-11-18(14-16)30-17-9-3-2-4-10-17/h2-14,20,27H,15H2,1H3/t20-/m1/s1. The monoisotopic (exact) mass is 416 g/mol. The molecule has 0 saturated heterocycles. The summed E-state index contributed by atoms with van der Waals surface area (Å²) in [6.45, 7) is 0. The van der Waals surface area contributed by atoms with E-state index in [1.807, 2.05) is 30.3 Å². The highest BCUT2D eigenvalue weighted by Gasteiger charge is 2.27. The number of hydrogen-bond acceptors (Lipinski definition) is 6. The zero-order chi connectivity index (χ0) is 21.8. The molecule has 31 heavy (non-hydrogen) atoms. The maximum absolute atomic E-state index is 12.8. The number of carbonyl (C=O) groups is 1. The molecule has 6 nitrogen and oxygen atoms in total. The minimum Gasteiger partial charge on any atom is -0.507 e. The van der Waals surface area contributed by atoms with Gasteiger partial charge in [0.1, 0.15) is 22.8 Å². The summed E-state index contributed by atoms with van der Waals surface area (Å²) in [6.07, 6.45) is -0.151. The molecule has 3 aromatic carbocycles. The smallest absolute Gasteiger partial charge is 0.343 e. The van der Waals surface area contributed by atoms with E-state index in [0.717, 1.165) is 0 Å². The quantitative estimate of drug-likeness (QED) is 0.352. The van der Waals surface area contributed by atoms with E-state index in [1.165, 1.54) is 7.11 Å². The maximum atomic E-state index is 12.8. The Morgan fingerprint density at radius 1 is 0.968 bits per heavy atom. The molecule has 0 aliphatic rings. The van der Waals surface area contributed by atoms with Crippen LogP contribution in [0.4, 0.5) is 0 Å². The van der Waals surface area contributed by atoms with Crippen LogP contribution in [0.15, 0.2) is 88.1 Å². The third-order valence-corrected chi connectivity index (χ3v) is 5.01. The summed E-state index contributed by atoms with van der Waals surface area (Å²) in [5.74, 6) is -0.338. The van der Waals surface area contributed by atoms with Crippen molar-refractivity contribution in [3.05, 3.63) is 100 Å². The summed E-state index contributed by atoms with van der Waals surface area (Å²) in [4.78, 5) is 25.0. The van der Waals surface area contributed by atoms with E-state index in [1.54, 1.807) is 48.5 Å². The van der Waals surface area contributed by atoms with Crippen molar-refractivity contribution in [3.8, 4) is 17.2 Å². The van der Waals surface area contributed by atoms with Crippen LogP contribution < -0.4 is 10.4 Å². The van der Waals surface area contributed by atoms with Crippen molar-refractivity contribution >= 4 is 16.9 Å². The van der Waals surface area contributed by atoms with E-state index in [-0.39, 0.29) is 23.3 Å². The summed E-state index contributed by atoms with van der Waals surface area (Å²) >= 11 is 0. The molecule has 1 atom stereocenters. The van der Waals surface area contributed by atoms with Crippen molar-refractivity contribution in [3.63, 3.8) is 0 Å². The first kappa shape index (κ1) is 20.2. The Hall–Kier alpha value is -4.06. The zero-order valence-electron chi connectivity index (χ0n) is 16.8. The Bertz CT molecular complexity index is 1280. The number of rotatable bonds is 6. The molecule has 0 amide bonds. The average Bonchev–Trinajstić information content (AvgIpc) is 2.79. The van der Waals surface area contributed by atoms with Crippen LogP contribution in [0.2, 0.25) is 0 Å². The molecule has 0 saturated carbocycles. The number of methoxy groups -OCH3 is 1. The molecule has 0 fully saturated rings. The van der Waals surface area contributed by atoms with Gasteiger partial charge in [-0.25, -0.2) is 4.79 Å². The molecule has 156 valence electrons. The summed E-state index contributed by atoms with van der Waals surface area (Å²) in [6, 6.07) is 23.0. The number of fused-ring (bicyclic) bond motifs is 1. The second-order valence-electron chi connectivity index (χ2n) is 6.97. The SMILES string of the molecule is COC(=O)C[C@H](c1cccc(Oc2ccccc2)c1)c1c(O)c2ccccc2oc1=O. The summed E-state index contributed by atoms with van der Waals surface area (Å²) in [5, 5.41) is 11.3. The van der Waals surface area contributed by atoms with Crippen LogP contribution in [-0.4, -0.2) is 18.2 Å². The fraction of sp³-hybridized carbons (Fsp3) is 0.120. The Kier molecular flexibility index (Phi) is 5.71. The van der Waals surface area contributed by atoms with Crippen molar-refractivity contribution in [2.24, 2.45) is 0 Å². The molecule has 0 spiro atoms. The van der Waals surface area contributed by atoms with Gasteiger partial charge in [-0.05, 0) is 42.0 Å². The van der Waals surface area contributed by atoms with E-state index in [0.29, 0.717) is 22.4 Å². The molecule has 0 radical (unpaired) electrons. The van der Waals surface area contributed by atoms with Gasteiger partial charge >= 0.3 is 11.6 Å². The lowest BCUT2D eigenvalue weighted by Crippen LogP contribution is -2.18. The third kappa shape index (κ3) is 4.28. The van der Waals surface area contributed by atoms with Gasteiger partial charge in [0.05, 0.1) is 24.5 Å². The van der Waals surface area contributed by atoms with Crippen molar-refractivity contribution < 1.29 is 23.8 Å². The minimum atomic E-state index is -0.785. The first-order chi connectivity index (χ1) is 15.1. The lowest BCUT2D eigenvalue weighted by Gasteiger charge is -2.18. The van der Waals surface area contributed by atoms with Gasteiger partial charge in [0.25, 0.3) is 0 Å². The fourth-order valence-electron chi connectivity index (χ4n) is 3.51. The van der Waals surface area contributed by atoms with E-state index in [4.69, 9.17) is 13.9 Å². The topological polar surface area (TPSA) is 86.0 Å². The Morgan fingerprint density at radius 2 is 1.68 bits per heavy atom. The second-order valence-corrected chi connectivity index (χ2v) is 6.97. The van der Waals surface area contributed by atoms with Crippen LogP contribution in [0.25, 0.3) is 11.0 Å². The number of ether oxygens (including phenoxy) is 2. The van der Waals surface area contributed by atoms with Gasteiger partial charge in [-0.2, -0.15) is 0 Å². The Balaban J connectivity index is 1.82. The number of esters is 1. The summed E-state index contributed by atoms with van der Waals surface area (Å²) < 4.78 is 16.1. The fourth-order valence-corrected chi connectivity index (χ4v) is 3.51. The van der Waals surface area contributed by atoms with E-state index in [9.17, 15) is 14.7 Å². The van der Waals surface area contributed by atoms with E-state index in [2.05, 4.69) is 0 Å². The van der Waals surface area contributed by atoms with Crippen molar-refractivity contribution in [2.75, 3.05) is 7.11 Å². The average molecular weight is 416 g/mol. The molecule has 1 heterocycles. The van der Waals surface area contributed by atoms with E-state index >= 15 is 0 Å². The molecule has 0 bridgehead atoms. The molecular weight excluding hydrogens is 396 g/mol. The summed E-state index contributed by atoms with van der Waals surface area (Å²) in [5.41, 5.74) is 0.170. The Morgan fingerprint density at radius 3 is 2.45 bits per heavy atom. The lowest BCUT2D eigenvalue weighted by molar-refractivity contribution is -0.140. The number of aromatic hydroxyl groups is 1. The highest BCUT2D eigenvalue weighted by Crippen LogP contribution is 2.37. The molecule has 6 heteroatoms. The molecule has 0 unspecified atom stereocenters. The van der Waals surface area contributed by atoms with Crippen LogP contribution in [0.1, 0.15) is 23.5 Å². The molecule has 4 rings (SSSR count). The molecular formula is C25H20O6. The van der Waals surface area contributed by atoms with Gasteiger partial charge in [0.15, 0.2) is 0 Å². The van der Waals surface area contributed by atoms with Crippen LogP contribution in [0.5, 0.6) is 17.2 Å². The molecule has 0 aliphatic carbocycles. The number of hydrogen-bond donors (Lipinski definition) is 1. The highest BCUT2D eigenvalue weighted by atomic mass is 16.5. The number of carbonyl (C=O) groups excluding carboxylic acids is 1. The van der Waals surface area contributed by atoms with Crippen LogP contribution in [-0.2, 0) is 9.53 Å². The minimum absolute atomic E-state index is 0.000890. The van der Waals surface area contributed by atoms with Gasteiger partial charge < -0.3 is 19.0 Å². The Labute approximate surface area is 178 Å². The molecule has 4 aromatic rings. The van der Waals surface area contributed by atoms with Crippen LogP contribution in [0, 0.1) is 0 Å². The highest BCUT2D eigenvalue weighted by molar-refractivity contribution is 5.84. The van der Waals surface area contributed by atoms with E-state index < -0.39 is 17.5 Å². The van der Waals surface area contributed by atoms with Gasteiger partial charge in [0, 0.05) is 5.92 Å². The van der Waals surface area contributed by atoms with Crippen LogP contribution in [0.3, 0.4) is 0 Å². The largest absolute Gasteiger partial charge is 0.507 e. The zero-order valence-corrected chi connectivity index (χ0v) is 16.8. The number of para-hydroxylation sites is 2. The summed E-state index contributed by atoms with van der Waals surface area (Å²) in [7, 11) is 1.27. The van der Waals surface area contributed by atoms with Crippen molar-refractivity contribution in [1.29, 1.82) is 0 Å². The predicted octanol–water partition coefficient (Wildman–Crippen LogP) is 4.99. The van der Waals surface area contributed by atoms with Gasteiger partial charge in [-0.15, -0.1) is 0 Å². The predicted molar refractivity (Wildman–Crippen MR) is 116 cm³/mol. The molecule has 0 aliphatic heterocycles. The number of benzene rings is 3. The molecule has 1 N–H and O–H groups in total. The first-order valence-corrected chi connectivity index (χ1v) is 9.71. The maximum Gasteiger partial charge on any atom is 0.343 e. The normalized spacial score (nSPS) is 11.8. The second kappa shape index (κ2) is 8.75. The molecule has 1 aromatic heterocycles. The van der Waals surface area contributed by atoms with Gasteiger partial charge in [-0.3, -0.25) is 4.79 Å². The van der Waals surface area contributed by atoms with Gasteiger partial charge in [0.2, 0.25) is 0 Å². The van der Waals surface area contributed by atoms with Crippen molar-refractivity contribution in [1.82, 2.24) is 0 Å². The lowest BCUT2D eigenvalue weighted by atomic mass is 9.88.